The van der Waals surface area contributed by atoms with Crippen molar-refractivity contribution in [2.24, 2.45) is 0 Å². The van der Waals surface area contributed by atoms with Gasteiger partial charge in [-0.05, 0) is 49.7 Å². The van der Waals surface area contributed by atoms with Gasteiger partial charge in [0.2, 0.25) is 0 Å². The monoisotopic (exact) mass is 342 g/mol. The second-order valence-corrected chi connectivity index (χ2v) is 6.66. The summed E-state index contributed by atoms with van der Waals surface area (Å²) in [5.41, 5.74) is 3.71. The second kappa shape index (κ2) is 8.27. The van der Waals surface area contributed by atoms with Crippen LogP contribution in [0.25, 0.3) is 0 Å². The number of aromatic amines is 1. The standard InChI is InChI=1S/C19H26N4O2/c1-22(13-17-11-18(14-25-2)21-20-17)19(24)16-7-5-15(6-8-16)12-23-9-3-4-10-23/h5-8,11H,3-4,9-10,12-14H2,1-2H3,(H,20,21). The Morgan fingerprint density at radius 2 is 2.00 bits per heavy atom. The first-order valence-electron chi connectivity index (χ1n) is 8.74. The average Bonchev–Trinajstić information content (AvgIpc) is 3.27. The van der Waals surface area contributed by atoms with Gasteiger partial charge in [0.1, 0.15) is 0 Å². The largest absolute Gasteiger partial charge is 0.378 e. The minimum Gasteiger partial charge on any atom is -0.378 e. The Morgan fingerprint density at radius 1 is 1.28 bits per heavy atom. The van der Waals surface area contributed by atoms with Crippen molar-refractivity contribution in [3.05, 3.63) is 52.8 Å². The van der Waals surface area contributed by atoms with E-state index in [0.717, 1.165) is 17.9 Å². The molecule has 3 rings (SSSR count). The van der Waals surface area contributed by atoms with E-state index in [1.807, 2.05) is 18.2 Å². The summed E-state index contributed by atoms with van der Waals surface area (Å²) in [5.74, 6) is 0.00983. The second-order valence-electron chi connectivity index (χ2n) is 6.66. The molecule has 6 nitrogen and oxygen atoms in total. The van der Waals surface area contributed by atoms with E-state index in [0.29, 0.717) is 18.7 Å². The van der Waals surface area contributed by atoms with Crippen molar-refractivity contribution in [1.29, 1.82) is 0 Å². The number of aromatic nitrogens is 2. The van der Waals surface area contributed by atoms with E-state index in [9.17, 15) is 4.79 Å². The summed E-state index contributed by atoms with van der Waals surface area (Å²) >= 11 is 0. The van der Waals surface area contributed by atoms with Crippen molar-refractivity contribution in [3.63, 3.8) is 0 Å². The minimum atomic E-state index is 0.00983. The van der Waals surface area contributed by atoms with Gasteiger partial charge >= 0.3 is 0 Å². The number of methoxy groups -OCH3 is 1. The van der Waals surface area contributed by atoms with Gasteiger partial charge in [0.25, 0.3) is 5.91 Å². The summed E-state index contributed by atoms with van der Waals surface area (Å²) < 4.78 is 5.06. The van der Waals surface area contributed by atoms with E-state index >= 15 is 0 Å². The highest BCUT2D eigenvalue weighted by atomic mass is 16.5. The molecule has 1 aliphatic heterocycles. The van der Waals surface area contributed by atoms with Gasteiger partial charge in [0.05, 0.1) is 24.5 Å². The van der Waals surface area contributed by atoms with Gasteiger partial charge in [-0.25, -0.2) is 0 Å². The topological polar surface area (TPSA) is 61.5 Å². The fourth-order valence-electron chi connectivity index (χ4n) is 3.21. The number of hydrogen-bond acceptors (Lipinski definition) is 4. The molecule has 134 valence electrons. The average molecular weight is 342 g/mol. The van der Waals surface area contributed by atoms with Gasteiger partial charge in [0, 0.05) is 26.3 Å². The lowest BCUT2D eigenvalue weighted by atomic mass is 10.1. The van der Waals surface area contributed by atoms with E-state index in [2.05, 4.69) is 27.2 Å². The van der Waals surface area contributed by atoms with Crippen molar-refractivity contribution < 1.29 is 9.53 Å². The highest BCUT2D eigenvalue weighted by Crippen LogP contribution is 2.14. The highest BCUT2D eigenvalue weighted by Gasteiger charge is 2.15. The maximum Gasteiger partial charge on any atom is 0.253 e. The lowest BCUT2D eigenvalue weighted by Gasteiger charge is -2.17. The molecule has 1 saturated heterocycles. The predicted octanol–water partition coefficient (Wildman–Crippen LogP) is 2.42. The zero-order valence-electron chi connectivity index (χ0n) is 15.0. The SMILES string of the molecule is COCc1cc(CN(C)C(=O)c2ccc(CN3CCCC3)cc2)[nH]n1. The van der Waals surface area contributed by atoms with Crippen LogP contribution in [0.5, 0.6) is 0 Å². The quantitative estimate of drug-likeness (QED) is 0.839. The van der Waals surface area contributed by atoms with E-state index in [4.69, 9.17) is 4.74 Å². The van der Waals surface area contributed by atoms with Crippen molar-refractivity contribution in [2.75, 3.05) is 27.2 Å². The van der Waals surface area contributed by atoms with Crippen LogP contribution in [0.15, 0.2) is 30.3 Å². The molecule has 0 aliphatic carbocycles. The van der Waals surface area contributed by atoms with Gasteiger partial charge in [0.15, 0.2) is 0 Å². The highest BCUT2D eigenvalue weighted by molar-refractivity contribution is 5.94. The molecular weight excluding hydrogens is 316 g/mol. The van der Waals surface area contributed by atoms with Crippen molar-refractivity contribution in [3.8, 4) is 0 Å². The number of nitrogens with zero attached hydrogens (tertiary/aromatic N) is 3. The molecule has 2 heterocycles. The smallest absolute Gasteiger partial charge is 0.253 e. The number of ether oxygens (including phenoxy) is 1. The number of carbonyl (C=O) groups excluding carboxylic acids is 1. The van der Waals surface area contributed by atoms with Gasteiger partial charge in [-0.2, -0.15) is 5.10 Å². The molecule has 1 fully saturated rings. The number of H-pyrrole nitrogens is 1. The maximum absolute atomic E-state index is 12.6. The molecular formula is C19H26N4O2. The van der Waals surface area contributed by atoms with Crippen molar-refractivity contribution >= 4 is 5.91 Å². The van der Waals surface area contributed by atoms with E-state index < -0.39 is 0 Å². The molecule has 1 amide bonds. The van der Waals surface area contributed by atoms with Crippen molar-refractivity contribution in [1.82, 2.24) is 20.0 Å². The van der Waals surface area contributed by atoms with E-state index in [1.54, 1.807) is 19.1 Å². The van der Waals surface area contributed by atoms with Crippen LogP contribution in [-0.2, 0) is 24.4 Å². The van der Waals surface area contributed by atoms with Gasteiger partial charge in [-0.1, -0.05) is 12.1 Å². The third-order valence-electron chi connectivity index (χ3n) is 4.54. The molecule has 0 bridgehead atoms. The van der Waals surface area contributed by atoms with Gasteiger partial charge < -0.3 is 9.64 Å². The molecule has 1 aromatic carbocycles. The summed E-state index contributed by atoms with van der Waals surface area (Å²) in [7, 11) is 3.44. The number of rotatable bonds is 7. The Kier molecular flexibility index (Phi) is 5.83. The first-order chi connectivity index (χ1) is 12.2. The molecule has 1 N–H and O–H groups in total. The predicted molar refractivity (Wildman–Crippen MR) is 96.1 cm³/mol. The molecule has 0 unspecified atom stereocenters. The zero-order chi connectivity index (χ0) is 17.6. The van der Waals surface area contributed by atoms with Crippen LogP contribution in [-0.4, -0.2) is 53.2 Å². The van der Waals surface area contributed by atoms with Crippen LogP contribution < -0.4 is 0 Å². The molecule has 0 atom stereocenters. The summed E-state index contributed by atoms with van der Waals surface area (Å²) in [6.45, 7) is 4.29. The minimum absolute atomic E-state index is 0.00983. The molecule has 1 aromatic heterocycles. The Bertz CT molecular complexity index is 690. The first kappa shape index (κ1) is 17.6. The number of nitrogens with one attached hydrogen (secondary N) is 1. The molecule has 6 heteroatoms. The van der Waals surface area contributed by atoms with Gasteiger partial charge in [-0.3, -0.25) is 14.8 Å². The van der Waals surface area contributed by atoms with Crippen LogP contribution in [0.4, 0.5) is 0 Å². The normalized spacial score (nSPS) is 14.8. The fourth-order valence-corrected chi connectivity index (χ4v) is 3.21. The first-order valence-corrected chi connectivity index (χ1v) is 8.74. The summed E-state index contributed by atoms with van der Waals surface area (Å²) in [6, 6.07) is 9.89. The summed E-state index contributed by atoms with van der Waals surface area (Å²) in [6.07, 6.45) is 2.59. The maximum atomic E-state index is 12.6. The Morgan fingerprint density at radius 3 is 2.68 bits per heavy atom. The number of amides is 1. The van der Waals surface area contributed by atoms with Crippen LogP contribution in [0, 0.1) is 0 Å². The van der Waals surface area contributed by atoms with Gasteiger partial charge in [-0.15, -0.1) is 0 Å². The molecule has 0 saturated carbocycles. The third-order valence-corrected chi connectivity index (χ3v) is 4.54. The van der Waals surface area contributed by atoms with E-state index in [1.165, 1.54) is 31.5 Å². The third kappa shape index (κ3) is 4.67. The molecule has 25 heavy (non-hydrogen) atoms. The van der Waals surface area contributed by atoms with Crippen LogP contribution in [0.3, 0.4) is 0 Å². The number of hydrogen-bond donors (Lipinski definition) is 1. The summed E-state index contributed by atoms with van der Waals surface area (Å²) in [4.78, 5) is 16.7. The van der Waals surface area contributed by atoms with E-state index in [-0.39, 0.29) is 5.91 Å². The molecule has 0 radical (unpaired) electrons. The lowest BCUT2D eigenvalue weighted by Crippen LogP contribution is -2.26. The Hall–Kier alpha value is -2.18. The fraction of sp³-hybridized carbons (Fsp3) is 0.474. The number of likely N-dealkylation sites (tertiary alicyclic amines) is 1. The van der Waals surface area contributed by atoms with Crippen LogP contribution in [0.2, 0.25) is 0 Å². The molecule has 2 aromatic rings. The summed E-state index contributed by atoms with van der Waals surface area (Å²) in [5, 5.41) is 7.11. The van der Waals surface area contributed by atoms with Crippen LogP contribution >= 0.6 is 0 Å². The molecule has 1 aliphatic rings. The van der Waals surface area contributed by atoms with Crippen molar-refractivity contribution in [2.45, 2.75) is 32.5 Å². The lowest BCUT2D eigenvalue weighted by molar-refractivity contribution is 0.0783. The number of benzene rings is 1. The Labute approximate surface area is 148 Å². The number of carbonyl (C=O) groups is 1. The molecule has 0 spiro atoms. The Balaban J connectivity index is 1.57. The zero-order valence-corrected chi connectivity index (χ0v) is 15.0. The van der Waals surface area contributed by atoms with Crippen LogP contribution in [0.1, 0.15) is 40.2 Å².